The minimum Gasteiger partial charge on any atom is -0.444 e. The zero-order valence-corrected chi connectivity index (χ0v) is 19.3. The van der Waals surface area contributed by atoms with Gasteiger partial charge >= 0.3 is 6.09 Å². The molecule has 2 atom stereocenters. The number of aliphatic hydroxyl groups excluding tert-OH is 1. The van der Waals surface area contributed by atoms with Crippen LogP contribution in [0.5, 0.6) is 0 Å². The number of alkyl carbamates (subject to hydrolysis) is 1. The molecule has 0 aliphatic heterocycles. The van der Waals surface area contributed by atoms with Crippen LogP contribution in [0.4, 0.5) is 4.79 Å². The van der Waals surface area contributed by atoms with Gasteiger partial charge in [-0.2, -0.15) is 0 Å². The van der Waals surface area contributed by atoms with Crippen molar-refractivity contribution >= 4 is 12.0 Å². The predicted octanol–water partition coefficient (Wildman–Crippen LogP) is 3.27. The quantitative estimate of drug-likeness (QED) is 0.477. The van der Waals surface area contributed by atoms with E-state index < -0.39 is 23.8 Å². The summed E-state index contributed by atoms with van der Waals surface area (Å²) < 4.78 is 5.34. The lowest BCUT2D eigenvalue weighted by atomic mass is 10.0. The molecule has 30 heavy (non-hydrogen) atoms. The van der Waals surface area contributed by atoms with E-state index in [1.807, 2.05) is 30.3 Å². The number of nitrogens with one attached hydrogen (secondary N) is 2. The van der Waals surface area contributed by atoms with Gasteiger partial charge in [0.05, 0.1) is 12.1 Å². The van der Waals surface area contributed by atoms with Crippen LogP contribution in [0.25, 0.3) is 0 Å². The number of ether oxygens (including phenoxy) is 1. The maximum absolute atomic E-state index is 12.3. The van der Waals surface area contributed by atoms with Gasteiger partial charge in [0.2, 0.25) is 5.91 Å². The molecule has 2 amide bonds. The number of nitrogens with zero attached hydrogens (tertiary/aromatic N) is 1. The van der Waals surface area contributed by atoms with Gasteiger partial charge in [0, 0.05) is 20.0 Å². The minimum atomic E-state index is -0.887. The Morgan fingerprint density at radius 2 is 1.77 bits per heavy atom. The van der Waals surface area contributed by atoms with Gasteiger partial charge < -0.3 is 15.2 Å². The standard InChI is InChI=1S/C23H39N3O4/c1-17(2)12-15-21(28)26(6)24-16-20(27)19(25-22(29)30-23(3,4)5)14-13-18-10-8-7-9-11-18/h7-11,17,19-20,24,27H,12-16H2,1-6H3,(H,25,29). The lowest BCUT2D eigenvalue weighted by Crippen LogP contribution is -2.52. The van der Waals surface area contributed by atoms with Gasteiger partial charge in [-0.05, 0) is 51.5 Å². The summed E-state index contributed by atoms with van der Waals surface area (Å²) in [7, 11) is 1.65. The van der Waals surface area contributed by atoms with Gasteiger partial charge in [0.1, 0.15) is 5.60 Å². The number of carbonyl (C=O) groups excluding carboxylic acids is 2. The first-order chi connectivity index (χ1) is 14.0. The molecule has 0 aliphatic carbocycles. The zero-order valence-electron chi connectivity index (χ0n) is 19.3. The second kappa shape index (κ2) is 12.5. The van der Waals surface area contributed by atoms with Crippen molar-refractivity contribution in [3.05, 3.63) is 35.9 Å². The van der Waals surface area contributed by atoms with E-state index in [2.05, 4.69) is 24.6 Å². The lowest BCUT2D eigenvalue weighted by Gasteiger charge is -2.28. The van der Waals surface area contributed by atoms with Gasteiger partial charge in [-0.25, -0.2) is 10.2 Å². The molecule has 0 saturated heterocycles. The molecule has 0 aliphatic rings. The van der Waals surface area contributed by atoms with Crippen molar-refractivity contribution in [3.63, 3.8) is 0 Å². The molecule has 2 unspecified atom stereocenters. The van der Waals surface area contributed by atoms with Crippen molar-refractivity contribution in [3.8, 4) is 0 Å². The number of hydrogen-bond donors (Lipinski definition) is 3. The third-order valence-electron chi connectivity index (χ3n) is 4.60. The van der Waals surface area contributed by atoms with Gasteiger partial charge in [-0.15, -0.1) is 0 Å². The molecule has 0 bridgehead atoms. The first kappa shape index (κ1) is 25.9. The van der Waals surface area contributed by atoms with E-state index in [1.165, 1.54) is 5.01 Å². The van der Waals surface area contributed by atoms with Crippen LogP contribution in [-0.4, -0.2) is 53.5 Å². The van der Waals surface area contributed by atoms with Gasteiger partial charge in [-0.1, -0.05) is 44.2 Å². The van der Waals surface area contributed by atoms with Crippen LogP contribution >= 0.6 is 0 Å². The highest BCUT2D eigenvalue weighted by Gasteiger charge is 2.25. The van der Waals surface area contributed by atoms with Crippen molar-refractivity contribution < 1.29 is 19.4 Å². The average Bonchev–Trinajstić information content (AvgIpc) is 2.66. The van der Waals surface area contributed by atoms with E-state index in [0.29, 0.717) is 25.2 Å². The molecular weight excluding hydrogens is 382 g/mol. The van der Waals surface area contributed by atoms with Crippen LogP contribution in [0.2, 0.25) is 0 Å². The van der Waals surface area contributed by atoms with Gasteiger partial charge in [-0.3, -0.25) is 9.80 Å². The van der Waals surface area contributed by atoms with E-state index >= 15 is 0 Å². The monoisotopic (exact) mass is 421 g/mol. The van der Waals surface area contributed by atoms with Crippen molar-refractivity contribution in [2.45, 2.75) is 78.0 Å². The third kappa shape index (κ3) is 11.2. The number of benzene rings is 1. The molecule has 0 radical (unpaired) electrons. The molecule has 1 aromatic rings. The molecule has 0 spiro atoms. The Hall–Kier alpha value is -2.12. The lowest BCUT2D eigenvalue weighted by molar-refractivity contribution is -0.133. The van der Waals surface area contributed by atoms with Crippen LogP contribution in [0.3, 0.4) is 0 Å². The van der Waals surface area contributed by atoms with E-state index in [0.717, 1.165) is 12.0 Å². The molecule has 1 aromatic carbocycles. The molecule has 0 heterocycles. The summed E-state index contributed by atoms with van der Waals surface area (Å²) in [6.45, 7) is 9.66. The largest absolute Gasteiger partial charge is 0.444 e. The topological polar surface area (TPSA) is 90.9 Å². The first-order valence-corrected chi connectivity index (χ1v) is 10.7. The summed E-state index contributed by atoms with van der Waals surface area (Å²) in [4.78, 5) is 24.4. The number of hydrogen-bond acceptors (Lipinski definition) is 5. The van der Waals surface area contributed by atoms with Crippen molar-refractivity contribution in [1.82, 2.24) is 15.8 Å². The molecule has 0 fully saturated rings. The van der Waals surface area contributed by atoms with E-state index in [1.54, 1.807) is 27.8 Å². The number of aryl methyl sites for hydroxylation is 1. The SMILES string of the molecule is CC(C)CCC(=O)N(C)NCC(O)C(CCc1ccccc1)NC(=O)OC(C)(C)C. The molecule has 3 N–H and O–H groups in total. The van der Waals surface area contributed by atoms with Gasteiger partial charge in [0.15, 0.2) is 0 Å². The summed E-state index contributed by atoms with van der Waals surface area (Å²) >= 11 is 0. The second-order valence-electron chi connectivity index (χ2n) is 9.09. The van der Waals surface area contributed by atoms with E-state index in [-0.39, 0.29) is 12.5 Å². The Bertz CT molecular complexity index is 644. The minimum absolute atomic E-state index is 0.0307. The highest BCUT2D eigenvalue weighted by Crippen LogP contribution is 2.11. The van der Waals surface area contributed by atoms with Crippen LogP contribution < -0.4 is 10.7 Å². The zero-order chi connectivity index (χ0) is 22.7. The summed E-state index contributed by atoms with van der Waals surface area (Å²) in [5.74, 6) is 0.421. The summed E-state index contributed by atoms with van der Waals surface area (Å²) in [6, 6.07) is 9.37. The Morgan fingerprint density at radius 1 is 1.13 bits per heavy atom. The fraction of sp³-hybridized carbons (Fsp3) is 0.652. The number of aliphatic hydroxyl groups is 1. The van der Waals surface area contributed by atoms with Gasteiger partial charge in [0.25, 0.3) is 0 Å². The summed E-state index contributed by atoms with van der Waals surface area (Å²) in [5, 5.41) is 14.9. The molecule has 0 saturated carbocycles. The molecule has 7 heteroatoms. The Kier molecular flexibility index (Phi) is 10.8. The van der Waals surface area contributed by atoms with Crippen LogP contribution in [0.1, 0.15) is 59.4 Å². The number of carbonyl (C=O) groups is 2. The fourth-order valence-electron chi connectivity index (χ4n) is 2.83. The molecule has 7 nitrogen and oxygen atoms in total. The van der Waals surface area contributed by atoms with Crippen molar-refractivity contribution in [2.75, 3.05) is 13.6 Å². The average molecular weight is 422 g/mol. The Labute approximate surface area is 181 Å². The molecule has 170 valence electrons. The van der Waals surface area contributed by atoms with Crippen molar-refractivity contribution in [2.24, 2.45) is 5.92 Å². The smallest absolute Gasteiger partial charge is 0.407 e. The van der Waals surface area contributed by atoms with Crippen LogP contribution in [-0.2, 0) is 16.0 Å². The summed E-state index contributed by atoms with van der Waals surface area (Å²) in [6.07, 6.45) is 1.04. The van der Waals surface area contributed by atoms with Crippen LogP contribution in [0, 0.1) is 5.92 Å². The normalized spacial score (nSPS) is 13.6. The second-order valence-corrected chi connectivity index (χ2v) is 9.09. The highest BCUT2D eigenvalue weighted by molar-refractivity contribution is 5.75. The van der Waals surface area contributed by atoms with Crippen LogP contribution in [0.15, 0.2) is 30.3 Å². The molecule has 1 rings (SSSR count). The Balaban J connectivity index is 2.66. The maximum atomic E-state index is 12.3. The summed E-state index contributed by atoms with van der Waals surface area (Å²) in [5.41, 5.74) is 3.44. The molecule has 0 aromatic heterocycles. The molecular formula is C23H39N3O4. The number of amides is 2. The highest BCUT2D eigenvalue weighted by atomic mass is 16.6. The number of hydrazine groups is 1. The van der Waals surface area contributed by atoms with E-state index in [4.69, 9.17) is 4.74 Å². The fourth-order valence-corrected chi connectivity index (χ4v) is 2.83. The Morgan fingerprint density at radius 3 is 2.33 bits per heavy atom. The third-order valence-corrected chi connectivity index (χ3v) is 4.60. The predicted molar refractivity (Wildman–Crippen MR) is 119 cm³/mol. The number of rotatable bonds is 11. The van der Waals surface area contributed by atoms with E-state index in [9.17, 15) is 14.7 Å². The first-order valence-electron chi connectivity index (χ1n) is 10.7. The van der Waals surface area contributed by atoms with Crippen molar-refractivity contribution in [1.29, 1.82) is 0 Å². The maximum Gasteiger partial charge on any atom is 0.407 e.